The fourth-order valence-corrected chi connectivity index (χ4v) is 2.23. The average Bonchev–Trinajstić information content (AvgIpc) is 2.42. The zero-order valence-electron chi connectivity index (χ0n) is 11.8. The molecule has 2 aromatic carbocycles. The molecule has 0 aliphatic carbocycles. The van der Waals surface area contributed by atoms with Crippen LogP contribution in [-0.4, -0.2) is 12.5 Å². The van der Waals surface area contributed by atoms with Crippen molar-refractivity contribution in [1.82, 2.24) is 0 Å². The predicted molar refractivity (Wildman–Crippen MR) is 84.7 cm³/mol. The molecular formula is C16H16ClFN2O. The van der Waals surface area contributed by atoms with Crippen LogP contribution in [0.2, 0.25) is 5.02 Å². The van der Waals surface area contributed by atoms with E-state index in [4.69, 9.17) is 11.6 Å². The smallest absolute Gasteiger partial charge is 0.255 e. The molecule has 3 nitrogen and oxygen atoms in total. The van der Waals surface area contributed by atoms with Gasteiger partial charge in [0, 0.05) is 17.8 Å². The molecule has 5 heteroatoms. The third kappa shape index (κ3) is 3.73. The van der Waals surface area contributed by atoms with Crippen molar-refractivity contribution in [1.29, 1.82) is 0 Å². The summed E-state index contributed by atoms with van der Waals surface area (Å²) in [5, 5.41) is 6.04. The maximum atomic E-state index is 13.0. The highest BCUT2D eigenvalue weighted by atomic mass is 35.5. The number of anilines is 2. The van der Waals surface area contributed by atoms with E-state index in [0.717, 1.165) is 23.9 Å². The number of carbonyl (C=O) groups excluding carboxylic acids is 1. The van der Waals surface area contributed by atoms with Gasteiger partial charge in [0.1, 0.15) is 5.82 Å². The molecular weight excluding hydrogens is 291 g/mol. The van der Waals surface area contributed by atoms with Gasteiger partial charge in [0.15, 0.2) is 0 Å². The molecule has 0 saturated carbocycles. The Morgan fingerprint density at radius 3 is 2.62 bits per heavy atom. The number of nitrogens with one attached hydrogen (secondary N) is 2. The molecule has 21 heavy (non-hydrogen) atoms. The standard InChI is InChI=1S/C16H16ClFN2O/c1-3-19-12-5-6-13(10(2)8-12)16(21)20-15-7-4-11(18)9-14(15)17/h4-9,19H,3H2,1-2H3,(H,20,21). The van der Waals surface area contributed by atoms with E-state index in [-0.39, 0.29) is 10.9 Å². The molecule has 0 aliphatic heterocycles. The van der Waals surface area contributed by atoms with Gasteiger partial charge in [-0.15, -0.1) is 0 Å². The van der Waals surface area contributed by atoms with Gasteiger partial charge in [0.2, 0.25) is 0 Å². The van der Waals surface area contributed by atoms with E-state index in [0.29, 0.717) is 11.3 Å². The lowest BCUT2D eigenvalue weighted by Gasteiger charge is -2.11. The van der Waals surface area contributed by atoms with Gasteiger partial charge in [-0.25, -0.2) is 4.39 Å². The molecule has 2 aromatic rings. The van der Waals surface area contributed by atoms with Crippen molar-refractivity contribution in [2.24, 2.45) is 0 Å². The molecule has 0 heterocycles. The van der Waals surface area contributed by atoms with Crippen LogP contribution < -0.4 is 10.6 Å². The molecule has 2 rings (SSSR count). The Morgan fingerprint density at radius 1 is 1.24 bits per heavy atom. The third-order valence-corrected chi connectivity index (χ3v) is 3.34. The zero-order valence-corrected chi connectivity index (χ0v) is 12.6. The first kappa shape index (κ1) is 15.3. The minimum Gasteiger partial charge on any atom is -0.385 e. The lowest BCUT2D eigenvalue weighted by Crippen LogP contribution is -2.14. The average molecular weight is 307 g/mol. The van der Waals surface area contributed by atoms with Crippen molar-refractivity contribution in [3.63, 3.8) is 0 Å². The van der Waals surface area contributed by atoms with Crippen LogP contribution in [0.3, 0.4) is 0 Å². The second-order valence-electron chi connectivity index (χ2n) is 4.64. The Balaban J connectivity index is 2.20. The van der Waals surface area contributed by atoms with Gasteiger partial charge in [0.05, 0.1) is 10.7 Å². The molecule has 1 amide bonds. The molecule has 0 atom stereocenters. The summed E-state index contributed by atoms with van der Waals surface area (Å²) in [4.78, 5) is 12.3. The van der Waals surface area contributed by atoms with E-state index >= 15 is 0 Å². The van der Waals surface area contributed by atoms with E-state index < -0.39 is 5.82 Å². The maximum absolute atomic E-state index is 13.0. The predicted octanol–water partition coefficient (Wildman–Crippen LogP) is 4.47. The van der Waals surface area contributed by atoms with Crippen LogP contribution >= 0.6 is 11.6 Å². The lowest BCUT2D eigenvalue weighted by atomic mass is 10.1. The number of rotatable bonds is 4. The maximum Gasteiger partial charge on any atom is 0.255 e. The number of carbonyl (C=O) groups is 1. The highest BCUT2D eigenvalue weighted by Gasteiger charge is 2.12. The van der Waals surface area contributed by atoms with Gasteiger partial charge in [-0.1, -0.05) is 11.6 Å². The van der Waals surface area contributed by atoms with Gasteiger partial charge in [0.25, 0.3) is 5.91 Å². The Hall–Kier alpha value is -2.07. The highest BCUT2D eigenvalue weighted by molar-refractivity contribution is 6.33. The van der Waals surface area contributed by atoms with Crippen molar-refractivity contribution in [2.75, 3.05) is 17.2 Å². The SMILES string of the molecule is CCNc1ccc(C(=O)Nc2ccc(F)cc2Cl)c(C)c1. The van der Waals surface area contributed by atoms with Crippen molar-refractivity contribution < 1.29 is 9.18 Å². The van der Waals surface area contributed by atoms with Crippen molar-refractivity contribution in [3.8, 4) is 0 Å². The summed E-state index contributed by atoms with van der Waals surface area (Å²) in [5.74, 6) is -0.715. The number of hydrogen-bond acceptors (Lipinski definition) is 2. The molecule has 110 valence electrons. The van der Waals surface area contributed by atoms with E-state index in [1.54, 1.807) is 6.07 Å². The summed E-state index contributed by atoms with van der Waals surface area (Å²) in [6.45, 7) is 4.69. The summed E-state index contributed by atoms with van der Waals surface area (Å²) >= 11 is 5.90. The van der Waals surface area contributed by atoms with Crippen LogP contribution in [0.1, 0.15) is 22.8 Å². The molecule has 2 N–H and O–H groups in total. The topological polar surface area (TPSA) is 41.1 Å². The molecule has 0 aromatic heterocycles. The molecule has 0 bridgehead atoms. The van der Waals surface area contributed by atoms with E-state index in [9.17, 15) is 9.18 Å². The minimum absolute atomic E-state index is 0.172. The molecule has 0 spiro atoms. The van der Waals surface area contributed by atoms with Crippen LogP contribution in [0.25, 0.3) is 0 Å². The van der Waals surface area contributed by atoms with Gasteiger partial charge in [-0.05, 0) is 55.8 Å². The summed E-state index contributed by atoms with van der Waals surface area (Å²) in [6, 6.07) is 9.36. The number of hydrogen-bond donors (Lipinski definition) is 2. The molecule has 0 unspecified atom stereocenters. The Bertz CT molecular complexity index is 673. The third-order valence-electron chi connectivity index (χ3n) is 3.03. The number of benzene rings is 2. The molecule has 0 radical (unpaired) electrons. The molecule has 0 fully saturated rings. The van der Waals surface area contributed by atoms with Crippen LogP contribution in [0.5, 0.6) is 0 Å². The first-order chi connectivity index (χ1) is 10.0. The van der Waals surface area contributed by atoms with Crippen LogP contribution in [0.4, 0.5) is 15.8 Å². The Labute approximate surface area is 128 Å². The summed E-state index contributed by atoms with van der Waals surface area (Å²) in [6.07, 6.45) is 0. The number of amides is 1. The number of halogens is 2. The van der Waals surface area contributed by atoms with Crippen molar-refractivity contribution in [3.05, 3.63) is 58.4 Å². The normalized spacial score (nSPS) is 10.3. The summed E-state index contributed by atoms with van der Waals surface area (Å²) in [7, 11) is 0. The fourth-order valence-electron chi connectivity index (χ4n) is 2.01. The largest absolute Gasteiger partial charge is 0.385 e. The van der Waals surface area contributed by atoms with Crippen LogP contribution in [0, 0.1) is 12.7 Å². The summed E-state index contributed by atoms with van der Waals surface area (Å²) < 4.78 is 13.0. The minimum atomic E-state index is -0.441. The monoisotopic (exact) mass is 306 g/mol. The van der Waals surface area contributed by atoms with Gasteiger partial charge < -0.3 is 10.6 Å². The quantitative estimate of drug-likeness (QED) is 0.875. The second-order valence-corrected chi connectivity index (χ2v) is 5.05. The van der Waals surface area contributed by atoms with Crippen LogP contribution in [-0.2, 0) is 0 Å². The first-order valence-electron chi connectivity index (χ1n) is 6.62. The van der Waals surface area contributed by atoms with E-state index in [2.05, 4.69) is 10.6 Å². The van der Waals surface area contributed by atoms with Gasteiger partial charge in [-0.2, -0.15) is 0 Å². The molecule has 0 saturated heterocycles. The summed E-state index contributed by atoms with van der Waals surface area (Å²) in [5.41, 5.74) is 2.76. The Kier molecular flexibility index (Phi) is 4.81. The van der Waals surface area contributed by atoms with Crippen molar-refractivity contribution in [2.45, 2.75) is 13.8 Å². The zero-order chi connectivity index (χ0) is 15.4. The lowest BCUT2D eigenvalue weighted by molar-refractivity contribution is 0.102. The van der Waals surface area contributed by atoms with Crippen LogP contribution in [0.15, 0.2) is 36.4 Å². The Morgan fingerprint density at radius 2 is 2.00 bits per heavy atom. The second kappa shape index (κ2) is 6.59. The number of aryl methyl sites for hydroxylation is 1. The molecule has 0 aliphatic rings. The highest BCUT2D eigenvalue weighted by Crippen LogP contribution is 2.24. The van der Waals surface area contributed by atoms with Gasteiger partial charge in [-0.3, -0.25) is 4.79 Å². The van der Waals surface area contributed by atoms with Gasteiger partial charge >= 0.3 is 0 Å². The van der Waals surface area contributed by atoms with E-state index in [1.165, 1.54) is 12.1 Å². The fraction of sp³-hybridized carbons (Fsp3) is 0.188. The van der Waals surface area contributed by atoms with E-state index in [1.807, 2.05) is 26.0 Å². The van der Waals surface area contributed by atoms with Crippen molar-refractivity contribution >= 4 is 28.9 Å². The first-order valence-corrected chi connectivity index (χ1v) is 7.00.